The molecule has 0 unspecified atom stereocenters. The Hall–Kier alpha value is -1.03. The average Bonchev–Trinajstić information content (AvgIpc) is 2.46. The van der Waals surface area contributed by atoms with E-state index in [1.54, 1.807) is 29.2 Å². The summed E-state index contributed by atoms with van der Waals surface area (Å²) in [6, 6.07) is 5.33. The molecule has 0 spiro atoms. The lowest BCUT2D eigenvalue weighted by atomic mass is 10.1. The number of halogens is 2. The quantitative estimate of drug-likeness (QED) is 0.767. The van der Waals surface area contributed by atoms with Gasteiger partial charge in [-0.15, -0.1) is 0 Å². The molecule has 0 fully saturated rings. The first-order valence-electron chi connectivity index (χ1n) is 7.08. The van der Waals surface area contributed by atoms with E-state index in [-0.39, 0.29) is 18.6 Å². The van der Waals surface area contributed by atoms with E-state index in [0.29, 0.717) is 22.2 Å². The third-order valence-corrected chi connectivity index (χ3v) is 4.06. The molecule has 1 aromatic carbocycles. The molecule has 0 bridgehead atoms. The normalized spacial score (nSPS) is 11.3. The number of amides is 1. The van der Waals surface area contributed by atoms with Crippen LogP contribution in [0.5, 0.6) is 0 Å². The molecule has 0 aliphatic heterocycles. The highest BCUT2D eigenvalue weighted by atomic mass is 35.5. The molecular formula is C16H21Cl2NO2. The molecule has 0 aliphatic carbocycles. The number of carbonyl (C=O) groups excluding carboxylic acids is 1. The predicted molar refractivity (Wildman–Crippen MR) is 88.7 cm³/mol. The molecule has 116 valence electrons. The molecule has 0 aliphatic rings. The van der Waals surface area contributed by atoms with Crippen molar-refractivity contribution < 1.29 is 9.90 Å². The predicted octanol–water partition coefficient (Wildman–Crippen LogP) is 4.02. The van der Waals surface area contributed by atoms with Crippen LogP contribution in [0.25, 0.3) is 6.08 Å². The lowest BCUT2D eigenvalue weighted by molar-refractivity contribution is -0.128. The lowest BCUT2D eigenvalue weighted by Gasteiger charge is -2.29. The second-order valence-electron chi connectivity index (χ2n) is 4.69. The van der Waals surface area contributed by atoms with Gasteiger partial charge < -0.3 is 10.0 Å². The standard InChI is InChI=1S/C16H21Cl2NO2/c1-3-12(4-2)19(10-11-20)16(21)9-8-13-14(17)6-5-7-15(13)18/h5-9,12,20H,3-4,10-11H2,1-2H3. The molecule has 0 radical (unpaired) electrons. The number of aliphatic hydroxyl groups excluding tert-OH is 1. The summed E-state index contributed by atoms with van der Waals surface area (Å²) in [5.41, 5.74) is 0.627. The Balaban J connectivity index is 2.93. The zero-order valence-corrected chi connectivity index (χ0v) is 13.9. The van der Waals surface area contributed by atoms with Crippen molar-refractivity contribution >= 4 is 35.2 Å². The van der Waals surface area contributed by atoms with Crippen LogP contribution in [-0.4, -0.2) is 35.1 Å². The summed E-state index contributed by atoms with van der Waals surface area (Å²) >= 11 is 12.1. The molecule has 0 aromatic heterocycles. The van der Waals surface area contributed by atoms with Crippen molar-refractivity contribution in [2.45, 2.75) is 32.7 Å². The van der Waals surface area contributed by atoms with E-state index in [1.165, 1.54) is 6.08 Å². The van der Waals surface area contributed by atoms with Crippen LogP contribution in [-0.2, 0) is 4.79 Å². The number of nitrogens with zero attached hydrogens (tertiary/aromatic N) is 1. The summed E-state index contributed by atoms with van der Waals surface area (Å²) in [4.78, 5) is 14.0. The van der Waals surface area contributed by atoms with Crippen LogP contribution in [0.15, 0.2) is 24.3 Å². The molecule has 1 rings (SSSR count). The number of rotatable bonds is 7. The molecule has 0 heterocycles. The van der Waals surface area contributed by atoms with Crippen molar-refractivity contribution in [3.05, 3.63) is 39.9 Å². The Morgan fingerprint density at radius 3 is 2.33 bits per heavy atom. The second-order valence-corrected chi connectivity index (χ2v) is 5.51. The fourth-order valence-corrected chi connectivity index (χ4v) is 2.75. The van der Waals surface area contributed by atoms with E-state index in [1.807, 2.05) is 13.8 Å². The monoisotopic (exact) mass is 329 g/mol. The maximum Gasteiger partial charge on any atom is 0.246 e. The summed E-state index contributed by atoms with van der Waals surface area (Å²) in [7, 11) is 0. The molecule has 0 saturated heterocycles. The van der Waals surface area contributed by atoms with E-state index in [4.69, 9.17) is 28.3 Å². The van der Waals surface area contributed by atoms with Gasteiger partial charge in [0.1, 0.15) is 0 Å². The fraction of sp³-hybridized carbons (Fsp3) is 0.438. The third kappa shape index (κ3) is 5.03. The maximum absolute atomic E-state index is 12.3. The minimum Gasteiger partial charge on any atom is -0.395 e. The Bertz CT molecular complexity index is 479. The minimum absolute atomic E-state index is 0.0526. The van der Waals surface area contributed by atoms with E-state index in [2.05, 4.69) is 0 Å². The topological polar surface area (TPSA) is 40.5 Å². The van der Waals surface area contributed by atoms with Gasteiger partial charge in [0.2, 0.25) is 5.91 Å². The van der Waals surface area contributed by atoms with Crippen molar-refractivity contribution in [3.8, 4) is 0 Å². The first-order valence-corrected chi connectivity index (χ1v) is 7.84. The first-order chi connectivity index (χ1) is 10.0. The Kier molecular flexibility index (Phi) is 7.79. The average molecular weight is 330 g/mol. The van der Waals surface area contributed by atoms with Gasteiger partial charge in [0.25, 0.3) is 0 Å². The van der Waals surface area contributed by atoms with Crippen LogP contribution < -0.4 is 0 Å². The van der Waals surface area contributed by atoms with Crippen LogP contribution in [0.2, 0.25) is 10.0 Å². The summed E-state index contributed by atoms with van der Waals surface area (Å²) in [5, 5.41) is 10.1. The Labute approximate surface area is 136 Å². The number of hydrogen-bond acceptors (Lipinski definition) is 2. The Morgan fingerprint density at radius 2 is 1.86 bits per heavy atom. The number of carbonyl (C=O) groups is 1. The summed E-state index contributed by atoms with van der Waals surface area (Å²) < 4.78 is 0. The van der Waals surface area contributed by atoms with Gasteiger partial charge in [0.15, 0.2) is 0 Å². The van der Waals surface area contributed by atoms with Crippen LogP contribution in [0.4, 0.5) is 0 Å². The largest absolute Gasteiger partial charge is 0.395 e. The van der Waals surface area contributed by atoms with Crippen molar-refractivity contribution in [3.63, 3.8) is 0 Å². The highest BCUT2D eigenvalue weighted by Crippen LogP contribution is 2.25. The summed E-state index contributed by atoms with van der Waals surface area (Å²) in [5.74, 6) is -0.145. The van der Waals surface area contributed by atoms with Gasteiger partial charge in [0, 0.05) is 34.3 Å². The number of benzene rings is 1. The van der Waals surface area contributed by atoms with Crippen LogP contribution >= 0.6 is 23.2 Å². The molecule has 1 amide bonds. The van der Waals surface area contributed by atoms with Gasteiger partial charge in [-0.1, -0.05) is 43.1 Å². The first kappa shape index (κ1) is 18.0. The lowest BCUT2D eigenvalue weighted by Crippen LogP contribution is -2.40. The fourth-order valence-electron chi connectivity index (χ4n) is 2.23. The van der Waals surface area contributed by atoms with Gasteiger partial charge in [0.05, 0.1) is 6.61 Å². The van der Waals surface area contributed by atoms with Crippen LogP contribution in [0, 0.1) is 0 Å². The second kappa shape index (κ2) is 9.08. The van der Waals surface area contributed by atoms with Crippen molar-refractivity contribution in [2.24, 2.45) is 0 Å². The van der Waals surface area contributed by atoms with Crippen LogP contribution in [0.1, 0.15) is 32.3 Å². The minimum atomic E-state index is -0.145. The van der Waals surface area contributed by atoms with E-state index >= 15 is 0 Å². The summed E-state index contributed by atoms with van der Waals surface area (Å²) in [6.45, 7) is 4.33. The zero-order valence-electron chi connectivity index (χ0n) is 12.4. The summed E-state index contributed by atoms with van der Waals surface area (Å²) in [6.07, 6.45) is 4.78. The maximum atomic E-state index is 12.3. The Morgan fingerprint density at radius 1 is 1.29 bits per heavy atom. The van der Waals surface area contributed by atoms with E-state index < -0.39 is 0 Å². The van der Waals surface area contributed by atoms with Gasteiger partial charge in [-0.3, -0.25) is 4.79 Å². The molecule has 3 nitrogen and oxygen atoms in total. The number of hydrogen-bond donors (Lipinski definition) is 1. The smallest absolute Gasteiger partial charge is 0.246 e. The molecular weight excluding hydrogens is 309 g/mol. The number of aliphatic hydroxyl groups is 1. The molecule has 21 heavy (non-hydrogen) atoms. The van der Waals surface area contributed by atoms with Crippen molar-refractivity contribution in [2.75, 3.05) is 13.2 Å². The van der Waals surface area contributed by atoms with Gasteiger partial charge in [-0.2, -0.15) is 0 Å². The molecule has 5 heteroatoms. The van der Waals surface area contributed by atoms with E-state index in [9.17, 15) is 4.79 Å². The van der Waals surface area contributed by atoms with Crippen LogP contribution in [0.3, 0.4) is 0 Å². The highest BCUT2D eigenvalue weighted by Gasteiger charge is 2.18. The highest BCUT2D eigenvalue weighted by molar-refractivity contribution is 6.37. The van der Waals surface area contributed by atoms with Gasteiger partial charge >= 0.3 is 0 Å². The molecule has 0 saturated carbocycles. The SMILES string of the molecule is CCC(CC)N(CCO)C(=O)C=Cc1c(Cl)cccc1Cl. The molecule has 1 N–H and O–H groups in total. The van der Waals surface area contributed by atoms with Gasteiger partial charge in [-0.25, -0.2) is 0 Å². The van der Waals surface area contributed by atoms with Crippen molar-refractivity contribution in [1.29, 1.82) is 0 Å². The van der Waals surface area contributed by atoms with Crippen molar-refractivity contribution in [1.82, 2.24) is 4.90 Å². The molecule has 0 atom stereocenters. The third-order valence-electron chi connectivity index (χ3n) is 3.40. The van der Waals surface area contributed by atoms with Gasteiger partial charge in [-0.05, 0) is 31.1 Å². The molecule has 1 aromatic rings. The zero-order chi connectivity index (χ0) is 15.8. The van der Waals surface area contributed by atoms with E-state index in [0.717, 1.165) is 12.8 Å².